The van der Waals surface area contributed by atoms with Crippen molar-refractivity contribution in [3.63, 3.8) is 0 Å². The van der Waals surface area contributed by atoms with E-state index in [0.717, 1.165) is 11.3 Å². The maximum absolute atomic E-state index is 12.1. The normalized spacial score (nSPS) is 11.0. The van der Waals surface area contributed by atoms with E-state index in [0.29, 0.717) is 18.7 Å². The van der Waals surface area contributed by atoms with Crippen molar-refractivity contribution in [3.8, 4) is 17.3 Å². The lowest BCUT2D eigenvalue weighted by Crippen LogP contribution is -2.29. The highest BCUT2D eigenvalue weighted by atomic mass is 16.5. The minimum absolute atomic E-state index is 0.137. The molecule has 7 heteroatoms. The molecule has 0 amide bonds. The molecule has 0 aliphatic carbocycles. The third-order valence-corrected chi connectivity index (χ3v) is 3.84. The van der Waals surface area contributed by atoms with Crippen LogP contribution in [0.1, 0.15) is 0 Å². The molecule has 1 N–H and O–H groups in total. The number of hydrogen-bond donors (Lipinski definition) is 1. The van der Waals surface area contributed by atoms with E-state index in [1.165, 1.54) is 0 Å². The molecule has 0 radical (unpaired) electrons. The van der Waals surface area contributed by atoms with Crippen LogP contribution in [0.25, 0.3) is 22.6 Å². The number of nitrogens with one attached hydrogen (secondary N) is 1. The number of fused-ring (bicyclic) bond motifs is 2. The van der Waals surface area contributed by atoms with Crippen molar-refractivity contribution in [2.75, 3.05) is 6.61 Å². The molecule has 0 spiro atoms. The molecule has 2 aliphatic rings. The summed E-state index contributed by atoms with van der Waals surface area (Å²) in [6.07, 6.45) is 0. The molecule has 0 atom stereocenters. The van der Waals surface area contributed by atoms with Gasteiger partial charge in [-0.05, 0) is 24.3 Å². The van der Waals surface area contributed by atoms with E-state index in [-0.39, 0.29) is 11.5 Å². The van der Waals surface area contributed by atoms with Gasteiger partial charge in [0.2, 0.25) is 0 Å². The average molecular weight is 334 g/mol. The Morgan fingerprint density at radius 3 is 2.56 bits per heavy atom. The Morgan fingerprint density at radius 2 is 1.72 bits per heavy atom. The first-order valence-corrected chi connectivity index (χ1v) is 7.80. The highest BCUT2D eigenvalue weighted by Crippen LogP contribution is 2.20. The summed E-state index contributed by atoms with van der Waals surface area (Å²) in [5.41, 5.74) is 0.341. The Morgan fingerprint density at radius 1 is 0.960 bits per heavy atom. The zero-order chi connectivity index (χ0) is 17.2. The molecule has 25 heavy (non-hydrogen) atoms. The number of aromatic nitrogens is 4. The summed E-state index contributed by atoms with van der Waals surface area (Å²) >= 11 is 0. The van der Waals surface area contributed by atoms with Gasteiger partial charge >= 0.3 is 5.69 Å². The monoisotopic (exact) mass is 334 g/mol. The number of ether oxygens (including phenoxy) is 1. The number of hydrogen-bond acceptors (Lipinski definition) is 5. The largest absolute Gasteiger partial charge is 0.492 e. The zero-order valence-electron chi connectivity index (χ0n) is 13.2. The van der Waals surface area contributed by atoms with Crippen molar-refractivity contribution in [2.45, 2.75) is 6.54 Å². The summed E-state index contributed by atoms with van der Waals surface area (Å²) in [6, 6.07) is 16.8. The molecule has 7 nitrogen and oxygen atoms in total. The van der Waals surface area contributed by atoms with Crippen molar-refractivity contribution in [3.05, 3.63) is 75.4 Å². The topological polar surface area (TPSA) is 89.9 Å². The zero-order valence-corrected chi connectivity index (χ0v) is 13.2. The molecule has 124 valence electrons. The second-order valence-electron chi connectivity index (χ2n) is 5.46. The van der Waals surface area contributed by atoms with E-state index in [1.807, 2.05) is 54.6 Å². The molecule has 0 saturated heterocycles. The van der Waals surface area contributed by atoms with Crippen molar-refractivity contribution in [1.82, 2.24) is 19.5 Å². The van der Waals surface area contributed by atoms with Gasteiger partial charge < -0.3 is 9.30 Å². The fourth-order valence-corrected chi connectivity index (χ4v) is 2.74. The molecule has 2 aromatic rings. The summed E-state index contributed by atoms with van der Waals surface area (Å²) in [5, 5.41) is 0. The number of aromatic amines is 1. The van der Waals surface area contributed by atoms with Gasteiger partial charge in [-0.2, -0.15) is 4.98 Å². The summed E-state index contributed by atoms with van der Waals surface area (Å²) in [4.78, 5) is 34.2. The van der Waals surface area contributed by atoms with E-state index >= 15 is 0 Å². The van der Waals surface area contributed by atoms with Crippen LogP contribution in [0.3, 0.4) is 0 Å². The van der Waals surface area contributed by atoms with E-state index in [1.54, 1.807) is 4.57 Å². The lowest BCUT2D eigenvalue weighted by molar-refractivity contribution is 0.300. The average Bonchev–Trinajstić information content (AvgIpc) is 2.63. The quantitative estimate of drug-likeness (QED) is 0.573. The molecule has 0 bridgehead atoms. The third-order valence-electron chi connectivity index (χ3n) is 3.84. The second-order valence-corrected chi connectivity index (χ2v) is 5.46. The number of benzene rings is 2. The maximum Gasteiger partial charge on any atom is 0.349 e. The molecule has 0 fully saturated rings. The van der Waals surface area contributed by atoms with Crippen LogP contribution >= 0.6 is 0 Å². The van der Waals surface area contributed by atoms with Gasteiger partial charge in [0.15, 0.2) is 11.5 Å². The molecule has 0 saturated carbocycles. The molecule has 2 aromatic carbocycles. The fraction of sp³-hybridized carbons (Fsp3) is 0.111. The summed E-state index contributed by atoms with van der Waals surface area (Å²) < 4.78 is 7.52. The number of H-pyrrole nitrogens is 1. The van der Waals surface area contributed by atoms with Crippen molar-refractivity contribution >= 4 is 11.0 Å². The van der Waals surface area contributed by atoms with Crippen molar-refractivity contribution in [1.29, 1.82) is 0 Å². The Kier molecular flexibility index (Phi) is 3.74. The van der Waals surface area contributed by atoms with Gasteiger partial charge in [0, 0.05) is 0 Å². The second kappa shape index (κ2) is 6.20. The Balaban J connectivity index is 1.79. The van der Waals surface area contributed by atoms with Crippen LogP contribution in [0.15, 0.2) is 64.2 Å². The Hall–Kier alpha value is -3.48. The summed E-state index contributed by atoms with van der Waals surface area (Å²) in [6.45, 7) is 0.783. The van der Waals surface area contributed by atoms with Crippen molar-refractivity contribution in [2.24, 2.45) is 0 Å². The van der Waals surface area contributed by atoms with Crippen LogP contribution in [0.5, 0.6) is 5.75 Å². The van der Waals surface area contributed by atoms with E-state index < -0.39 is 11.2 Å². The summed E-state index contributed by atoms with van der Waals surface area (Å²) in [5.74, 6) is 1.00. The van der Waals surface area contributed by atoms with Gasteiger partial charge in [-0.3, -0.25) is 9.78 Å². The van der Waals surface area contributed by atoms with Gasteiger partial charge in [0.05, 0.1) is 17.6 Å². The molecular weight excluding hydrogens is 320 g/mol. The first-order valence-electron chi connectivity index (χ1n) is 7.80. The maximum atomic E-state index is 12.1. The molecular formula is C18H14N4O3. The highest BCUT2D eigenvalue weighted by Gasteiger charge is 2.18. The van der Waals surface area contributed by atoms with Crippen LogP contribution in [-0.4, -0.2) is 26.1 Å². The van der Waals surface area contributed by atoms with E-state index in [2.05, 4.69) is 15.0 Å². The van der Waals surface area contributed by atoms with Crippen LogP contribution in [0.2, 0.25) is 0 Å². The smallest absolute Gasteiger partial charge is 0.349 e. The molecule has 0 aromatic heterocycles. The highest BCUT2D eigenvalue weighted by molar-refractivity contribution is 5.79. The van der Waals surface area contributed by atoms with Crippen LogP contribution < -0.4 is 16.0 Å². The molecule has 2 aliphatic heterocycles. The molecule has 0 unspecified atom stereocenters. The number of nitrogens with zero attached hydrogens (tertiary/aromatic N) is 3. The van der Waals surface area contributed by atoms with Gasteiger partial charge in [-0.1, -0.05) is 30.3 Å². The van der Waals surface area contributed by atoms with Gasteiger partial charge in [0.1, 0.15) is 12.4 Å². The van der Waals surface area contributed by atoms with Crippen molar-refractivity contribution < 1.29 is 4.74 Å². The predicted molar refractivity (Wildman–Crippen MR) is 93.0 cm³/mol. The van der Waals surface area contributed by atoms with Gasteiger partial charge in [-0.25, -0.2) is 9.78 Å². The van der Waals surface area contributed by atoms with Crippen LogP contribution in [-0.2, 0) is 6.54 Å². The van der Waals surface area contributed by atoms with Crippen LogP contribution in [0.4, 0.5) is 0 Å². The van der Waals surface area contributed by atoms with Crippen LogP contribution in [0, 0.1) is 0 Å². The lowest BCUT2D eigenvalue weighted by atomic mass is 10.2. The van der Waals surface area contributed by atoms with E-state index in [4.69, 9.17) is 4.74 Å². The van der Waals surface area contributed by atoms with Gasteiger partial charge in [0.25, 0.3) is 5.56 Å². The first-order chi connectivity index (χ1) is 12.2. The Labute approximate surface area is 141 Å². The summed E-state index contributed by atoms with van der Waals surface area (Å²) in [7, 11) is 0. The minimum Gasteiger partial charge on any atom is -0.492 e. The lowest BCUT2D eigenvalue weighted by Gasteiger charge is -2.16. The SMILES string of the molecule is O=c1nc2n(CCOc3ccccc3)c3ccccc3nc-2c(=O)[nH]1. The standard InChI is InChI=1S/C18H14N4O3/c23-17-15-16(20-18(24)21-17)22(14-9-5-4-8-13(14)19-15)10-11-25-12-6-2-1-3-7-12/h1-9H,10-11H2,(H,21,23,24). The molecule has 4 rings (SSSR count). The predicted octanol–water partition coefficient (Wildman–Crippen LogP) is 1.66. The Bertz CT molecular complexity index is 1120. The number of para-hydroxylation sites is 3. The fourth-order valence-electron chi connectivity index (χ4n) is 2.74. The molecule has 2 heterocycles. The number of rotatable bonds is 4. The first kappa shape index (κ1) is 15.1. The third kappa shape index (κ3) is 2.87. The minimum atomic E-state index is -0.688. The van der Waals surface area contributed by atoms with Gasteiger partial charge in [-0.15, -0.1) is 0 Å². The van der Waals surface area contributed by atoms with E-state index in [9.17, 15) is 9.59 Å².